The minimum Gasteiger partial charge on any atom is -0.355 e. The zero-order valence-electron chi connectivity index (χ0n) is 12.6. The molecule has 1 rings (SSSR count). The van der Waals surface area contributed by atoms with Gasteiger partial charge in [-0.15, -0.1) is 0 Å². The van der Waals surface area contributed by atoms with E-state index in [9.17, 15) is 0 Å². The first-order chi connectivity index (χ1) is 8.56. The fraction of sp³-hybridized carbons (Fsp3) is 0.800. The van der Waals surface area contributed by atoms with Crippen LogP contribution in [0.5, 0.6) is 0 Å². The quantitative estimate of drug-likeness (QED) is 0.756. The third-order valence-electron chi connectivity index (χ3n) is 3.68. The fourth-order valence-electron chi connectivity index (χ4n) is 2.44. The number of anilines is 1. The van der Waals surface area contributed by atoms with Gasteiger partial charge in [0.05, 0.1) is 0 Å². The zero-order chi connectivity index (χ0) is 13.5. The van der Waals surface area contributed by atoms with E-state index in [2.05, 4.69) is 55.7 Å². The molecular formula is C15H29N3. The Balaban J connectivity index is 2.54. The number of nitrogens with one attached hydrogen (secondary N) is 1. The Morgan fingerprint density at radius 1 is 1.22 bits per heavy atom. The van der Waals surface area contributed by atoms with E-state index >= 15 is 0 Å². The van der Waals surface area contributed by atoms with Gasteiger partial charge in [-0.3, -0.25) is 0 Å². The second-order valence-corrected chi connectivity index (χ2v) is 5.83. The summed E-state index contributed by atoms with van der Waals surface area (Å²) in [6.07, 6.45) is 6.39. The molecule has 0 aliphatic heterocycles. The highest BCUT2D eigenvalue weighted by molar-refractivity contribution is 5.25. The van der Waals surface area contributed by atoms with Crippen LogP contribution in [-0.4, -0.2) is 16.1 Å². The number of aryl methyl sites for hydroxylation is 1. The average Bonchev–Trinajstić information content (AvgIpc) is 2.73. The lowest BCUT2D eigenvalue weighted by molar-refractivity contribution is 0.303. The second-order valence-electron chi connectivity index (χ2n) is 5.83. The minimum atomic E-state index is 0.696. The molecule has 0 spiro atoms. The molecule has 1 heterocycles. The number of hydrogen-bond donors (Lipinski definition) is 1. The zero-order valence-corrected chi connectivity index (χ0v) is 12.6. The van der Waals surface area contributed by atoms with E-state index in [1.165, 1.54) is 12.8 Å². The molecular weight excluding hydrogens is 222 g/mol. The molecule has 0 aromatic carbocycles. The minimum absolute atomic E-state index is 0.696. The summed E-state index contributed by atoms with van der Waals surface area (Å²) in [5, 5.41) is 3.52. The third kappa shape index (κ3) is 4.35. The Labute approximate surface area is 112 Å². The highest BCUT2D eigenvalue weighted by Gasteiger charge is 2.17. The van der Waals surface area contributed by atoms with Gasteiger partial charge in [-0.2, -0.15) is 0 Å². The van der Waals surface area contributed by atoms with Crippen molar-refractivity contribution in [2.45, 2.75) is 54.0 Å². The Morgan fingerprint density at radius 2 is 1.89 bits per heavy atom. The highest BCUT2D eigenvalue weighted by atomic mass is 15.2. The van der Waals surface area contributed by atoms with Gasteiger partial charge in [0.1, 0.15) is 0 Å². The molecule has 0 amide bonds. The largest absolute Gasteiger partial charge is 0.355 e. The summed E-state index contributed by atoms with van der Waals surface area (Å²) in [6, 6.07) is 0. The molecule has 18 heavy (non-hydrogen) atoms. The van der Waals surface area contributed by atoms with Crippen molar-refractivity contribution in [2.24, 2.45) is 17.8 Å². The van der Waals surface area contributed by atoms with E-state index in [1.54, 1.807) is 0 Å². The van der Waals surface area contributed by atoms with Gasteiger partial charge in [-0.05, 0) is 24.2 Å². The first-order valence-electron chi connectivity index (χ1n) is 7.31. The van der Waals surface area contributed by atoms with Crippen LogP contribution in [0.3, 0.4) is 0 Å². The summed E-state index contributed by atoms with van der Waals surface area (Å²) < 4.78 is 2.22. The van der Waals surface area contributed by atoms with Crippen LogP contribution in [0.4, 0.5) is 5.95 Å². The standard InChI is InChI=1S/C15H29N3/c1-6-7-9-18-10-8-16-15(18)17-11-14(12(2)3)13(4)5/h8,10,12-14H,6-7,9,11H2,1-5H3,(H,16,17). The van der Waals surface area contributed by atoms with Crippen molar-refractivity contribution in [1.29, 1.82) is 0 Å². The molecule has 3 nitrogen and oxygen atoms in total. The van der Waals surface area contributed by atoms with Crippen molar-refractivity contribution in [1.82, 2.24) is 9.55 Å². The van der Waals surface area contributed by atoms with E-state index in [0.717, 1.165) is 19.0 Å². The smallest absolute Gasteiger partial charge is 0.202 e. The van der Waals surface area contributed by atoms with E-state index in [4.69, 9.17) is 0 Å². The van der Waals surface area contributed by atoms with Crippen LogP contribution in [0.25, 0.3) is 0 Å². The van der Waals surface area contributed by atoms with Crippen LogP contribution in [0.1, 0.15) is 47.5 Å². The molecule has 0 fully saturated rings. The number of nitrogens with zero attached hydrogens (tertiary/aromatic N) is 2. The van der Waals surface area contributed by atoms with E-state index in [1.807, 2.05) is 6.20 Å². The number of aromatic nitrogens is 2. The van der Waals surface area contributed by atoms with Crippen molar-refractivity contribution in [3.8, 4) is 0 Å². The van der Waals surface area contributed by atoms with Gasteiger partial charge in [0.25, 0.3) is 0 Å². The summed E-state index contributed by atoms with van der Waals surface area (Å²) in [5.41, 5.74) is 0. The fourth-order valence-corrected chi connectivity index (χ4v) is 2.44. The van der Waals surface area contributed by atoms with Gasteiger partial charge in [-0.25, -0.2) is 4.98 Å². The number of imidazole rings is 1. The van der Waals surface area contributed by atoms with E-state index < -0.39 is 0 Å². The Bertz CT molecular complexity index is 320. The maximum Gasteiger partial charge on any atom is 0.202 e. The Hall–Kier alpha value is -0.990. The Morgan fingerprint density at radius 3 is 2.44 bits per heavy atom. The summed E-state index contributed by atoms with van der Waals surface area (Å²) in [7, 11) is 0. The average molecular weight is 251 g/mol. The normalized spacial score (nSPS) is 11.8. The number of hydrogen-bond acceptors (Lipinski definition) is 2. The molecule has 0 radical (unpaired) electrons. The van der Waals surface area contributed by atoms with Crippen molar-refractivity contribution in [3.05, 3.63) is 12.4 Å². The van der Waals surface area contributed by atoms with E-state index in [0.29, 0.717) is 17.8 Å². The lowest BCUT2D eigenvalue weighted by Gasteiger charge is -2.25. The molecule has 0 saturated carbocycles. The maximum absolute atomic E-state index is 4.41. The van der Waals surface area contributed by atoms with Crippen LogP contribution >= 0.6 is 0 Å². The molecule has 0 aliphatic carbocycles. The molecule has 0 saturated heterocycles. The van der Waals surface area contributed by atoms with Crippen LogP contribution in [0, 0.1) is 17.8 Å². The topological polar surface area (TPSA) is 29.9 Å². The van der Waals surface area contributed by atoms with Crippen molar-refractivity contribution >= 4 is 5.95 Å². The molecule has 104 valence electrons. The number of unbranched alkanes of at least 4 members (excludes halogenated alkanes) is 1. The van der Waals surface area contributed by atoms with Crippen LogP contribution in [0.2, 0.25) is 0 Å². The van der Waals surface area contributed by atoms with Crippen molar-refractivity contribution in [3.63, 3.8) is 0 Å². The summed E-state index contributed by atoms with van der Waals surface area (Å²) in [5.74, 6) is 3.13. The maximum atomic E-state index is 4.41. The molecule has 1 N–H and O–H groups in total. The molecule has 0 aliphatic rings. The lowest BCUT2D eigenvalue weighted by atomic mass is 9.85. The molecule has 3 heteroatoms. The number of rotatable bonds is 8. The van der Waals surface area contributed by atoms with Gasteiger partial charge < -0.3 is 9.88 Å². The van der Waals surface area contributed by atoms with Gasteiger partial charge in [0.2, 0.25) is 5.95 Å². The van der Waals surface area contributed by atoms with Gasteiger partial charge >= 0.3 is 0 Å². The molecule has 0 unspecified atom stereocenters. The van der Waals surface area contributed by atoms with Crippen LogP contribution < -0.4 is 5.32 Å². The molecule has 1 aromatic rings. The molecule has 0 bridgehead atoms. The summed E-state index contributed by atoms with van der Waals surface area (Å²) in [6.45, 7) is 13.5. The van der Waals surface area contributed by atoms with Crippen molar-refractivity contribution in [2.75, 3.05) is 11.9 Å². The Kier molecular flexibility index (Phi) is 6.23. The monoisotopic (exact) mass is 251 g/mol. The molecule has 1 aromatic heterocycles. The van der Waals surface area contributed by atoms with Gasteiger partial charge in [0, 0.05) is 25.5 Å². The van der Waals surface area contributed by atoms with Gasteiger partial charge in [0.15, 0.2) is 0 Å². The van der Waals surface area contributed by atoms with E-state index in [-0.39, 0.29) is 0 Å². The summed E-state index contributed by atoms with van der Waals surface area (Å²) in [4.78, 5) is 4.41. The summed E-state index contributed by atoms with van der Waals surface area (Å²) >= 11 is 0. The first kappa shape index (κ1) is 15.1. The second kappa shape index (κ2) is 7.45. The third-order valence-corrected chi connectivity index (χ3v) is 3.68. The van der Waals surface area contributed by atoms with Crippen LogP contribution in [-0.2, 0) is 6.54 Å². The predicted octanol–water partition coefficient (Wildman–Crippen LogP) is 4.02. The highest BCUT2D eigenvalue weighted by Crippen LogP contribution is 2.21. The lowest BCUT2D eigenvalue weighted by Crippen LogP contribution is -2.25. The SMILES string of the molecule is CCCCn1ccnc1NCC(C(C)C)C(C)C. The first-order valence-corrected chi connectivity index (χ1v) is 7.31. The predicted molar refractivity (Wildman–Crippen MR) is 78.8 cm³/mol. The molecule has 0 atom stereocenters. The van der Waals surface area contributed by atoms with Crippen molar-refractivity contribution < 1.29 is 0 Å². The van der Waals surface area contributed by atoms with Crippen LogP contribution in [0.15, 0.2) is 12.4 Å². The van der Waals surface area contributed by atoms with Gasteiger partial charge in [-0.1, -0.05) is 41.0 Å².